The van der Waals surface area contributed by atoms with Crippen LogP contribution in [0.15, 0.2) is 30.3 Å². The molecule has 2 aromatic carbocycles. The molecule has 1 heterocycles. The Kier molecular flexibility index (Phi) is 3.66. The van der Waals surface area contributed by atoms with E-state index in [9.17, 15) is 9.90 Å². The van der Waals surface area contributed by atoms with Crippen molar-refractivity contribution in [2.75, 3.05) is 17.2 Å². The Balaban J connectivity index is 1.83. The molecule has 6 heteroatoms. The van der Waals surface area contributed by atoms with E-state index < -0.39 is 0 Å². The summed E-state index contributed by atoms with van der Waals surface area (Å²) in [4.78, 5) is 12.2. The molecular formula is C15H12Cl2N2O2. The first kappa shape index (κ1) is 14.0. The van der Waals surface area contributed by atoms with Crippen LogP contribution in [-0.4, -0.2) is 17.6 Å². The highest BCUT2D eigenvalue weighted by Crippen LogP contribution is 2.34. The average molecular weight is 323 g/mol. The molecule has 1 aliphatic rings. The highest BCUT2D eigenvalue weighted by atomic mass is 35.5. The van der Waals surface area contributed by atoms with Crippen molar-refractivity contribution in [3.63, 3.8) is 0 Å². The fraction of sp³-hybridized carbons (Fsp3) is 0.133. The van der Waals surface area contributed by atoms with Crippen LogP contribution >= 0.6 is 23.2 Å². The number of carbonyl (C=O) groups is 1. The van der Waals surface area contributed by atoms with Crippen LogP contribution in [-0.2, 0) is 6.42 Å². The van der Waals surface area contributed by atoms with Gasteiger partial charge >= 0.3 is 0 Å². The third-order valence-corrected chi connectivity index (χ3v) is 3.93. The topological polar surface area (TPSA) is 61.4 Å². The van der Waals surface area contributed by atoms with E-state index in [0.717, 1.165) is 18.7 Å². The van der Waals surface area contributed by atoms with Crippen molar-refractivity contribution >= 4 is 40.5 Å². The summed E-state index contributed by atoms with van der Waals surface area (Å²) in [6.45, 7) is 0.892. The molecule has 0 unspecified atom stereocenters. The van der Waals surface area contributed by atoms with Crippen LogP contribution in [0.5, 0.6) is 5.75 Å². The molecule has 0 aliphatic carbocycles. The molecule has 4 nitrogen and oxygen atoms in total. The van der Waals surface area contributed by atoms with Crippen molar-refractivity contribution in [1.82, 2.24) is 0 Å². The molecule has 21 heavy (non-hydrogen) atoms. The number of hydrogen-bond acceptors (Lipinski definition) is 3. The number of amides is 1. The minimum Gasteiger partial charge on any atom is -0.505 e. The molecule has 0 atom stereocenters. The van der Waals surface area contributed by atoms with Crippen LogP contribution in [0.3, 0.4) is 0 Å². The number of phenols is 1. The minimum absolute atomic E-state index is 0.0911. The molecular weight excluding hydrogens is 311 g/mol. The monoisotopic (exact) mass is 322 g/mol. The van der Waals surface area contributed by atoms with Crippen molar-refractivity contribution in [3.8, 4) is 5.75 Å². The van der Waals surface area contributed by atoms with Crippen LogP contribution in [0.1, 0.15) is 15.9 Å². The van der Waals surface area contributed by atoms with E-state index in [1.54, 1.807) is 6.07 Å². The maximum absolute atomic E-state index is 12.2. The summed E-state index contributed by atoms with van der Waals surface area (Å²) in [5.74, 6) is -0.456. The van der Waals surface area contributed by atoms with Gasteiger partial charge in [-0.15, -0.1) is 0 Å². The Morgan fingerprint density at radius 1 is 1.19 bits per heavy atom. The Hall–Kier alpha value is -1.91. The second kappa shape index (κ2) is 5.47. The van der Waals surface area contributed by atoms with Gasteiger partial charge in [-0.25, -0.2) is 0 Å². The van der Waals surface area contributed by atoms with Crippen molar-refractivity contribution in [2.24, 2.45) is 0 Å². The van der Waals surface area contributed by atoms with Crippen molar-refractivity contribution in [1.29, 1.82) is 0 Å². The number of aromatic hydroxyl groups is 1. The third kappa shape index (κ3) is 2.77. The summed E-state index contributed by atoms with van der Waals surface area (Å²) in [7, 11) is 0. The Labute approximate surface area is 131 Å². The summed E-state index contributed by atoms with van der Waals surface area (Å²) >= 11 is 11.7. The van der Waals surface area contributed by atoms with Crippen LogP contribution in [0.25, 0.3) is 0 Å². The number of hydrogen-bond donors (Lipinski definition) is 3. The van der Waals surface area contributed by atoms with Gasteiger partial charge in [0.25, 0.3) is 5.91 Å². The molecule has 0 saturated carbocycles. The Morgan fingerprint density at radius 2 is 1.90 bits per heavy atom. The number of halogens is 2. The van der Waals surface area contributed by atoms with Gasteiger partial charge in [0.2, 0.25) is 0 Å². The van der Waals surface area contributed by atoms with Gasteiger partial charge in [0, 0.05) is 23.5 Å². The number of nitrogens with one attached hydrogen (secondary N) is 2. The van der Waals surface area contributed by atoms with E-state index in [2.05, 4.69) is 10.6 Å². The van der Waals surface area contributed by atoms with E-state index in [1.165, 1.54) is 17.7 Å². The van der Waals surface area contributed by atoms with Gasteiger partial charge in [0.15, 0.2) is 5.75 Å². The van der Waals surface area contributed by atoms with E-state index in [0.29, 0.717) is 11.3 Å². The fourth-order valence-electron chi connectivity index (χ4n) is 2.27. The van der Waals surface area contributed by atoms with Gasteiger partial charge in [-0.3, -0.25) is 4.79 Å². The molecule has 2 aromatic rings. The fourth-order valence-corrected chi connectivity index (χ4v) is 2.76. The molecule has 3 rings (SSSR count). The summed E-state index contributed by atoms with van der Waals surface area (Å²) in [6, 6.07) is 8.45. The summed E-state index contributed by atoms with van der Waals surface area (Å²) < 4.78 is 0. The number of phenolic OH excluding ortho intramolecular Hbond substituents is 1. The Morgan fingerprint density at radius 3 is 2.62 bits per heavy atom. The van der Waals surface area contributed by atoms with Crippen LogP contribution in [0, 0.1) is 0 Å². The second-order valence-corrected chi connectivity index (χ2v) is 5.61. The number of carbonyl (C=O) groups excluding carboxylic acids is 1. The number of fused-ring (bicyclic) bond motifs is 1. The summed E-state index contributed by atoms with van der Waals surface area (Å²) in [6.07, 6.45) is 0.973. The predicted molar refractivity (Wildman–Crippen MR) is 84.7 cm³/mol. The van der Waals surface area contributed by atoms with Gasteiger partial charge in [-0.05, 0) is 36.2 Å². The van der Waals surface area contributed by atoms with Crippen LogP contribution in [0.4, 0.5) is 11.4 Å². The van der Waals surface area contributed by atoms with Crippen molar-refractivity contribution in [3.05, 3.63) is 51.5 Å². The van der Waals surface area contributed by atoms with E-state index in [4.69, 9.17) is 23.2 Å². The molecule has 0 radical (unpaired) electrons. The van der Waals surface area contributed by atoms with Gasteiger partial charge in [-0.1, -0.05) is 29.3 Å². The zero-order chi connectivity index (χ0) is 15.0. The highest BCUT2D eigenvalue weighted by molar-refractivity contribution is 6.37. The van der Waals surface area contributed by atoms with Gasteiger partial charge in [0.05, 0.1) is 10.0 Å². The molecule has 0 aromatic heterocycles. The summed E-state index contributed by atoms with van der Waals surface area (Å²) in [5.41, 5.74) is 3.18. The first-order chi connectivity index (χ1) is 10.0. The van der Waals surface area contributed by atoms with E-state index in [1.807, 2.05) is 12.1 Å². The molecule has 3 N–H and O–H groups in total. The molecule has 1 amide bonds. The molecule has 1 aliphatic heterocycles. The molecule has 108 valence electrons. The lowest BCUT2D eigenvalue weighted by Crippen LogP contribution is -2.12. The lowest BCUT2D eigenvalue weighted by Gasteiger charge is -2.09. The zero-order valence-corrected chi connectivity index (χ0v) is 12.4. The minimum atomic E-state index is -0.260. The van der Waals surface area contributed by atoms with Crippen LogP contribution in [0.2, 0.25) is 10.0 Å². The maximum atomic E-state index is 12.2. The average Bonchev–Trinajstić information content (AvgIpc) is 2.91. The SMILES string of the molecule is O=C(Nc1cc(Cl)c(O)c(Cl)c1)c1ccc2c(c1)NCC2. The zero-order valence-electron chi connectivity index (χ0n) is 10.9. The Bertz CT molecular complexity index is 709. The number of rotatable bonds is 2. The lowest BCUT2D eigenvalue weighted by molar-refractivity contribution is 0.102. The highest BCUT2D eigenvalue weighted by Gasteiger charge is 2.14. The van der Waals surface area contributed by atoms with Gasteiger partial charge in [-0.2, -0.15) is 0 Å². The maximum Gasteiger partial charge on any atom is 0.255 e. The first-order valence-corrected chi connectivity index (χ1v) is 7.16. The molecule has 0 fully saturated rings. The normalized spacial score (nSPS) is 12.7. The summed E-state index contributed by atoms with van der Waals surface area (Å²) in [5, 5.41) is 15.6. The number of anilines is 2. The predicted octanol–water partition coefficient (Wildman–Crippen LogP) is 3.92. The third-order valence-electron chi connectivity index (χ3n) is 3.36. The number of benzene rings is 2. The van der Waals surface area contributed by atoms with Gasteiger partial charge < -0.3 is 15.7 Å². The smallest absolute Gasteiger partial charge is 0.255 e. The largest absolute Gasteiger partial charge is 0.505 e. The molecule has 0 saturated heterocycles. The second-order valence-electron chi connectivity index (χ2n) is 4.79. The van der Waals surface area contributed by atoms with Crippen molar-refractivity contribution < 1.29 is 9.90 Å². The van der Waals surface area contributed by atoms with Crippen LogP contribution < -0.4 is 10.6 Å². The molecule has 0 bridgehead atoms. The lowest BCUT2D eigenvalue weighted by atomic mass is 10.1. The van der Waals surface area contributed by atoms with Gasteiger partial charge in [0.1, 0.15) is 0 Å². The van der Waals surface area contributed by atoms with E-state index in [-0.39, 0.29) is 21.7 Å². The van der Waals surface area contributed by atoms with Crippen molar-refractivity contribution in [2.45, 2.75) is 6.42 Å². The van der Waals surface area contributed by atoms with E-state index >= 15 is 0 Å². The quantitative estimate of drug-likeness (QED) is 0.734. The first-order valence-electron chi connectivity index (χ1n) is 6.41. The standard InChI is InChI=1S/C15H12Cl2N2O2/c16-11-6-10(7-12(17)14(11)20)19-15(21)9-2-1-8-3-4-18-13(8)5-9/h1-2,5-7,18,20H,3-4H2,(H,19,21). The molecule has 0 spiro atoms.